The molecule has 0 aliphatic heterocycles. The molecular weight excluding hydrogens is 258 g/mol. The molecule has 1 aliphatic carbocycles. The van der Waals surface area contributed by atoms with Crippen molar-refractivity contribution in [3.63, 3.8) is 0 Å². The van der Waals surface area contributed by atoms with Crippen LogP contribution in [0.15, 0.2) is 17.4 Å². The zero-order chi connectivity index (χ0) is 13.2. The second-order valence-corrected chi connectivity index (χ2v) is 5.43. The molecule has 0 N–H and O–H groups in total. The monoisotopic (exact) mass is 271 g/mol. The van der Waals surface area contributed by atoms with E-state index in [4.69, 9.17) is 5.26 Å². The highest BCUT2D eigenvalue weighted by Crippen LogP contribution is 2.27. The molecule has 2 aromatic rings. The molecule has 0 saturated carbocycles. The van der Waals surface area contributed by atoms with Crippen molar-refractivity contribution in [2.75, 3.05) is 5.75 Å². The number of nitriles is 1. The topological polar surface area (TPSA) is 67.4 Å². The Morgan fingerprint density at radius 2 is 2.32 bits per heavy atom. The number of rotatable bonds is 3. The molecule has 5 nitrogen and oxygen atoms in total. The van der Waals surface area contributed by atoms with Gasteiger partial charge in [0.1, 0.15) is 11.4 Å². The van der Waals surface area contributed by atoms with Gasteiger partial charge in [0.2, 0.25) is 0 Å². The number of hydrogen-bond donors (Lipinski definition) is 0. The summed E-state index contributed by atoms with van der Waals surface area (Å²) in [6, 6.07) is 4.00. The summed E-state index contributed by atoms with van der Waals surface area (Å²) in [5, 5.41) is 14.0. The lowest BCUT2D eigenvalue weighted by Gasteiger charge is -2.05. The first-order chi connectivity index (χ1) is 9.29. The maximum Gasteiger partial charge on any atom is 0.158 e. The molecule has 0 atom stereocenters. The van der Waals surface area contributed by atoms with Crippen molar-refractivity contribution in [1.82, 2.24) is 19.7 Å². The van der Waals surface area contributed by atoms with Crippen LogP contribution >= 0.6 is 11.8 Å². The number of aromatic nitrogens is 4. The summed E-state index contributed by atoms with van der Waals surface area (Å²) in [6.07, 6.45) is 4.89. The summed E-state index contributed by atoms with van der Waals surface area (Å²) in [4.78, 5) is 8.46. The number of hydrogen-bond acceptors (Lipinski definition) is 5. The van der Waals surface area contributed by atoms with Crippen LogP contribution in [0.5, 0.6) is 0 Å². The summed E-state index contributed by atoms with van der Waals surface area (Å²) >= 11 is 1.42. The van der Waals surface area contributed by atoms with Crippen molar-refractivity contribution in [3.8, 4) is 11.9 Å². The Hall–Kier alpha value is -1.87. The molecule has 0 fully saturated rings. The average molecular weight is 271 g/mol. The van der Waals surface area contributed by atoms with E-state index >= 15 is 0 Å². The highest BCUT2D eigenvalue weighted by molar-refractivity contribution is 7.99. The minimum Gasteiger partial charge on any atom is -0.230 e. The van der Waals surface area contributed by atoms with Crippen LogP contribution in [0.2, 0.25) is 0 Å². The molecule has 1 aliphatic rings. The fraction of sp³-hybridized carbons (Fsp3) is 0.385. The average Bonchev–Trinajstić information content (AvgIpc) is 3.01. The Balaban J connectivity index is 1.99. The third-order valence-corrected chi connectivity index (χ3v) is 4.05. The van der Waals surface area contributed by atoms with E-state index in [0.29, 0.717) is 5.75 Å². The van der Waals surface area contributed by atoms with Gasteiger partial charge in [-0.1, -0.05) is 11.8 Å². The SMILES string of the molecule is Cc1nn(-c2cc(SCC#N)ncn2)c2c1CCC2. The molecular formula is C13H13N5S. The molecule has 6 heteroatoms. The minimum atomic E-state index is 0.396. The molecule has 0 spiro atoms. The van der Waals surface area contributed by atoms with Gasteiger partial charge in [0.25, 0.3) is 0 Å². The van der Waals surface area contributed by atoms with Crippen molar-refractivity contribution < 1.29 is 0 Å². The molecule has 96 valence electrons. The van der Waals surface area contributed by atoms with E-state index in [1.54, 1.807) is 0 Å². The van der Waals surface area contributed by atoms with Crippen molar-refractivity contribution >= 4 is 11.8 Å². The van der Waals surface area contributed by atoms with Crippen molar-refractivity contribution in [1.29, 1.82) is 5.26 Å². The molecule has 0 amide bonds. The normalized spacial score (nSPS) is 13.3. The lowest BCUT2D eigenvalue weighted by atomic mass is 10.2. The first-order valence-corrected chi connectivity index (χ1v) is 7.17. The van der Waals surface area contributed by atoms with Gasteiger partial charge < -0.3 is 0 Å². The Kier molecular flexibility index (Phi) is 3.22. The van der Waals surface area contributed by atoms with Gasteiger partial charge in [0.15, 0.2) is 5.82 Å². The fourth-order valence-electron chi connectivity index (χ4n) is 2.44. The number of aryl methyl sites for hydroxylation is 1. The van der Waals surface area contributed by atoms with E-state index in [9.17, 15) is 0 Å². The lowest BCUT2D eigenvalue weighted by molar-refractivity contribution is 0.748. The van der Waals surface area contributed by atoms with Crippen LogP contribution in [0.1, 0.15) is 23.4 Å². The largest absolute Gasteiger partial charge is 0.230 e. The van der Waals surface area contributed by atoms with Crippen LogP contribution in [-0.4, -0.2) is 25.5 Å². The lowest BCUT2D eigenvalue weighted by Crippen LogP contribution is -2.04. The van der Waals surface area contributed by atoms with E-state index in [1.165, 1.54) is 35.8 Å². The third kappa shape index (κ3) is 2.22. The summed E-state index contributed by atoms with van der Waals surface area (Å²) < 4.78 is 1.93. The standard InChI is InChI=1S/C13H13N5S/c1-9-10-3-2-4-11(10)18(17-9)12-7-13(16-8-15-12)19-6-5-14/h7-8H,2-4,6H2,1H3. The second kappa shape index (κ2) is 5.02. The van der Waals surface area contributed by atoms with Crippen LogP contribution in [0.4, 0.5) is 0 Å². The van der Waals surface area contributed by atoms with Crippen LogP contribution in [-0.2, 0) is 12.8 Å². The van der Waals surface area contributed by atoms with Gasteiger partial charge in [-0.15, -0.1) is 0 Å². The Morgan fingerprint density at radius 3 is 3.16 bits per heavy atom. The molecule has 3 rings (SSSR count). The number of thioether (sulfide) groups is 1. The first-order valence-electron chi connectivity index (χ1n) is 6.19. The highest BCUT2D eigenvalue weighted by Gasteiger charge is 2.21. The first kappa shape index (κ1) is 12.2. The van der Waals surface area contributed by atoms with Crippen LogP contribution in [0, 0.1) is 18.3 Å². The van der Waals surface area contributed by atoms with Gasteiger partial charge in [-0.2, -0.15) is 10.4 Å². The molecule has 2 heterocycles. The molecule has 0 bridgehead atoms. The van der Waals surface area contributed by atoms with Gasteiger partial charge in [0.05, 0.1) is 17.5 Å². The van der Waals surface area contributed by atoms with E-state index in [0.717, 1.165) is 29.4 Å². The minimum absolute atomic E-state index is 0.396. The van der Waals surface area contributed by atoms with Crippen LogP contribution < -0.4 is 0 Å². The third-order valence-electron chi connectivity index (χ3n) is 3.26. The van der Waals surface area contributed by atoms with Gasteiger partial charge in [0, 0.05) is 11.8 Å². The summed E-state index contributed by atoms with van der Waals surface area (Å²) in [6.45, 7) is 2.05. The van der Waals surface area contributed by atoms with Gasteiger partial charge in [-0.3, -0.25) is 0 Å². The Morgan fingerprint density at radius 1 is 1.42 bits per heavy atom. The smallest absolute Gasteiger partial charge is 0.158 e. The molecule has 0 aromatic carbocycles. The van der Waals surface area contributed by atoms with Crippen molar-refractivity contribution in [2.24, 2.45) is 0 Å². The molecule has 0 unspecified atom stereocenters. The van der Waals surface area contributed by atoms with Crippen molar-refractivity contribution in [2.45, 2.75) is 31.2 Å². The van der Waals surface area contributed by atoms with Crippen LogP contribution in [0.25, 0.3) is 5.82 Å². The fourth-order valence-corrected chi connectivity index (χ4v) is 2.97. The predicted octanol–water partition coefficient (Wildman–Crippen LogP) is 2.08. The van der Waals surface area contributed by atoms with Gasteiger partial charge in [-0.25, -0.2) is 14.6 Å². The Bertz CT molecular complexity index is 656. The summed E-state index contributed by atoms with van der Waals surface area (Å²) in [5.41, 5.74) is 3.73. The quantitative estimate of drug-likeness (QED) is 0.631. The number of nitrogens with zero attached hydrogens (tertiary/aromatic N) is 5. The Labute approximate surface area is 115 Å². The highest BCUT2D eigenvalue weighted by atomic mass is 32.2. The second-order valence-electron chi connectivity index (χ2n) is 4.44. The predicted molar refractivity (Wildman–Crippen MR) is 72.3 cm³/mol. The molecule has 19 heavy (non-hydrogen) atoms. The van der Waals surface area contributed by atoms with Gasteiger partial charge >= 0.3 is 0 Å². The van der Waals surface area contributed by atoms with E-state index in [-0.39, 0.29) is 0 Å². The maximum atomic E-state index is 8.61. The zero-order valence-corrected chi connectivity index (χ0v) is 11.4. The van der Waals surface area contributed by atoms with E-state index in [2.05, 4.69) is 21.1 Å². The maximum absolute atomic E-state index is 8.61. The molecule has 0 saturated heterocycles. The zero-order valence-electron chi connectivity index (χ0n) is 10.6. The number of fused-ring (bicyclic) bond motifs is 1. The van der Waals surface area contributed by atoms with E-state index < -0.39 is 0 Å². The van der Waals surface area contributed by atoms with Crippen molar-refractivity contribution in [3.05, 3.63) is 29.3 Å². The van der Waals surface area contributed by atoms with Crippen LogP contribution in [0.3, 0.4) is 0 Å². The molecule has 0 radical (unpaired) electrons. The van der Waals surface area contributed by atoms with Gasteiger partial charge in [-0.05, 0) is 31.7 Å². The summed E-state index contributed by atoms with van der Waals surface area (Å²) in [7, 11) is 0. The summed E-state index contributed by atoms with van der Waals surface area (Å²) in [5.74, 6) is 1.19. The van der Waals surface area contributed by atoms with E-state index in [1.807, 2.05) is 17.7 Å². The molecule has 2 aromatic heterocycles.